The Hall–Kier alpha value is -0.700. The monoisotopic (exact) mass is 331 g/mol. The topological polar surface area (TPSA) is 76.3 Å². The second-order valence-corrected chi connectivity index (χ2v) is 8.50. The number of pyridine rings is 1. The lowest BCUT2D eigenvalue weighted by atomic mass is 10.1. The molecule has 0 aromatic carbocycles. The van der Waals surface area contributed by atoms with Crippen molar-refractivity contribution in [3.05, 3.63) is 29.6 Å². The van der Waals surface area contributed by atoms with Crippen molar-refractivity contribution < 1.29 is 8.42 Å². The van der Waals surface area contributed by atoms with Gasteiger partial charge < -0.3 is 5.73 Å². The maximum Gasteiger partial charge on any atom is 0.164 e. The third kappa shape index (κ3) is 3.69. The molecule has 1 aromatic rings. The lowest BCUT2D eigenvalue weighted by Gasteiger charge is -2.34. The van der Waals surface area contributed by atoms with Gasteiger partial charge in [0.05, 0.1) is 0 Å². The molecule has 0 saturated carbocycles. The molecule has 0 bridgehead atoms. The first-order valence-corrected chi connectivity index (χ1v) is 9.65. The molecule has 1 aromatic heterocycles. The zero-order chi connectivity index (χ0) is 14.8. The van der Waals surface area contributed by atoms with Crippen LogP contribution < -0.4 is 5.73 Å². The summed E-state index contributed by atoms with van der Waals surface area (Å²) in [6, 6.07) is 3.70. The van der Waals surface area contributed by atoms with E-state index in [4.69, 9.17) is 18.0 Å². The smallest absolute Gasteiger partial charge is 0.164 e. The van der Waals surface area contributed by atoms with Gasteiger partial charge >= 0.3 is 0 Å². The maximum absolute atomic E-state index is 11.9. The van der Waals surface area contributed by atoms with Crippen molar-refractivity contribution in [3.63, 3.8) is 0 Å². The fourth-order valence-electron chi connectivity index (χ4n) is 2.20. The van der Waals surface area contributed by atoms with E-state index in [1.807, 2.05) is 17.0 Å². The normalized spacial score (nSPS) is 20.8. The predicted octanol–water partition coefficient (Wildman–Crippen LogP) is 0.635. The van der Waals surface area contributed by atoms with Gasteiger partial charge in [0.1, 0.15) is 16.1 Å². The Morgan fingerprint density at radius 3 is 3.05 bits per heavy atom. The van der Waals surface area contributed by atoms with Crippen molar-refractivity contribution in [2.75, 3.05) is 24.3 Å². The summed E-state index contributed by atoms with van der Waals surface area (Å²) < 4.78 is 23.8. The third-order valence-corrected chi connectivity index (χ3v) is 6.06. The van der Waals surface area contributed by atoms with Gasteiger partial charge in [0, 0.05) is 37.0 Å². The molecular formula is C12H17N3O2S3. The molecule has 2 rings (SSSR count). The van der Waals surface area contributed by atoms with Crippen molar-refractivity contribution >= 4 is 38.8 Å². The standard InChI is InChI=1S/C12H17N3O2S3/c1-20(16,17)10-8-19-6-5-15(10)7-9-3-2-4-14-11(9)12(13)18/h2-4,10H,5-8H2,1H3,(H2,13,18). The molecule has 5 nitrogen and oxygen atoms in total. The van der Waals surface area contributed by atoms with E-state index in [0.29, 0.717) is 18.0 Å². The molecule has 8 heteroatoms. The van der Waals surface area contributed by atoms with E-state index < -0.39 is 15.2 Å². The van der Waals surface area contributed by atoms with E-state index in [0.717, 1.165) is 17.9 Å². The van der Waals surface area contributed by atoms with E-state index in [1.165, 1.54) is 6.26 Å². The number of aromatic nitrogens is 1. The van der Waals surface area contributed by atoms with Gasteiger partial charge in [0.15, 0.2) is 9.84 Å². The van der Waals surface area contributed by atoms with Crippen LogP contribution in [0.5, 0.6) is 0 Å². The lowest BCUT2D eigenvalue weighted by Crippen LogP contribution is -2.46. The van der Waals surface area contributed by atoms with E-state index in [9.17, 15) is 8.42 Å². The number of nitrogens with zero attached hydrogens (tertiary/aromatic N) is 2. The Balaban J connectivity index is 2.26. The SMILES string of the molecule is CS(=O)(=O)C1CSCCN1Cc1cccnc1C(N)=S. The molecule has 1 fully saturated rings. The summed E-state index contributed by atoms with van der Waals surface area (Å²) in [5.74, 6) is 1.52. The van der Waals surface area contributed by atoms with Gasteiger partial charge in [-0.15, -0.1) is 0 Å². The Bertz CT molecular complexity index is 604. The first-order chi connectivity index (χ1) is 9.39. The number of nitrogens with two attached hydrogens (primary N) is 1. The molecule has 0 aliphatic carbocycles. The van der Waals surface area contributed by atoms with Crippen LogP contribution in [0.25, 0.3) is 0 Å². The van der Waals surface area contributed by atoms with Gasteiger partial charge in [-0.25, -0.2) is 8.42 Å². The average Bonchev–Trinajstić information content (AvgIpc) is 2.38. The zero-order valence-corrected chi connectivity index (χ0v) is 13.6. The molecule has 2 N–H and O–H groups in total. The quantitative estimate of drug-likeness (QED) is 0.811. The number of thioether (sulfide) groups is 1. The van der Waals surface area contributed by atoms with Gasteiger partial charge in [-0.3, -0.25) is 9.88 Å². The molecule has 0 spiro atoms. The molecule has 1 saturated heterocycles. The van der Waals surface area contributed by atoms with Crippen molar-refractivity contribution in [2.24, 2.45) is 5.73 Å². The van der Waals surface area contributed by atoms with Crippen molar-refractivity contribution in [1.29, 1.82) is 0 Å². The summed E-state index contributed by atoms with van der Waals surface area (Å²) in [6.45, 7) is 1.23. The summed E-state index contributed by atoms with van der Waals surface area (Å²) in [6.07, 6.45) is 2.92. The summed E-state index contributed by atoms with van der Waals surface area (Å²) in [7, 11) is -3.11. The minimum Gasteiger partial charge on any atom is -0.388 e. The van der Waals surface area contributed by atoms with Crippen molar-refractivity contribution in [1.82, 2.24) is 9.88 Å². The highest BCUT2D eigenvalue weighted by Gasteiger charge is 2.31. The lowest BCUT2D eigenvalue weighted by molar-refractivity contribution is 0.262. The van der Waals surface area contributed by atoms with Crippen molar-refractivity contribution in [3.8, 4) is 0 Å². The highest BCUT2D eigenvalue weighted by atomic mass is 32.2. The second kappa shape index (κ2) is 6.38. The molecule has 20 heavy (non-hydrogen) atoms. The first-order valence-electron chi connectivity index (χ1n) is 6.14. The van der Waals surface area contributed by atoms with Crippen LogP contribution in [0.3, 0.4) is 0 Å². The summed E-state index contributed by atoms with van der Waals surface area (Å²) in [5.41, 5.74) is 7.12. The molecular weight excluding hydrogens is 314 g/mol. The van der Waals surface area contributed by atoms with E-state index in [2.05, 4.69) is 4.98 Å². The molecule has 0 radical (unpaired) electrons. The largest absolute Gasteiger partial charge is 0.388 e. The average molecular weight is 331 g/mol. The minimum absolute atomic E-state index is 0.239. The van der Waals surface area contributed by atoms with E-state index in [1.54, 1.807) is 18.0 Å². The fraction of sp³-hybridized carbons (Fsp3) is 0.500. The van der Waals surface area contributed by atoms with Gasteiger partial charge in [-0.2, -0.15) is 11.8 Å². The minimum atomic E-state index is -3.11. The van der Waals surface area contributed by atoms with Gasteiger partial charge in [-0.1, -0.05) is 18.3 Å². The number of rotatable bonds is 4. The van der Waals surface area contributed by atoms with Crippen LogP contribution in [0, 0.1) is 0 Å². The van der Waals surface area contributed by atoms with Crippen LogP contribution in [0.4, 0.5) is 0 Å². The zero-order valence-electron chi connectivity index (χ0n) is 11.2. The van der Waals surface area contributed by atoms with Crippen LogP contribution in [0.15, 0.2) is 18.3 Å². The van der Waals surface area contributed by atoms with E-state index in [-0.39, 0.29) is 4.99 Å². The number of hydrogen-bond donors (Lipinski definition) is 1. The molecule has 1 atom stereocenters. The predicted molar refractivity (Wildman–Crippen MR) is 86.5 cm³/mol. The molecule has 2 heterocycles. The van der Waals surface area contributed by atoms with Gasteiger partial charge in [0.25, 0.3) is 0 Å². The van der Waals surface area contributed by atoms with Gasteiger partial charge in [-0.05, 0) is 11.6 Å². The molecule has 1 aliphatic rings. The molecule has 1 aliphatic heterocycles. The molecule has 110 valence electrons. The maximum atomic E-state index is 11.9. The van der Waals surface area contributed by atoms with Crippen LogP contribution >= 0.6 is 24.0 Å². The summed E-state index contributed by atoms with van der Waals surface area (Å²) >= 11 is 6.66. The number of sulfone groups is 1. The second-order valence-electron chi connectivity index (χ2n) is 4.70. The first kappa shape index (κ1) is 15.7. The van der Waals surface area contributed by atoms with Crippen LogP contribution in [0.2, 0.25) is 0 Å². The van der Waals surface area contributed by atoms with Gasteiger partial charge in [0.2, 0.25) is 0 Å². The van der Waals surface area contributed by atoms with E-state index >= 15 is 0 Å². The number of thiocarbonyl (C=S) groups is 1. The Labute approximate surface area is 128 Å². The highest BCUT2D eigenvalue weighted by molar-refractivity contribution is 8.00. The Kier molecular flexibility index (Phi) is 5.00. The highest BCUT2D eigenvalue weighted by Crippen LogP contribution is 2.23. The Morgan fingerprint density at radius 1 is 1.65 bits per heavy atom. The van der Waals surface area contributed by atoms with Crippen LogP contribution in [0.1, 0.15) is 11.3 Å². The number of hydrogen-bond acceptors (Lipinski definition) is 6. The van der Waals surface area contributed by atoms with Crippen molar-refractivity contribution in [2.45, 2.75) is 11.9 Å². The molecule has 1 unspecified atom stereocenters. The third-order valence-electron chi connectivity index (χ3n) is 3.18. The fourth-order valence-corrected chi connectivity index (χ4v) is 5.32. The van der Waals surface area contributed by atoms with Crippen LogP contribution in [-0.4, -0.2) is 53.0 Å². The van der Waals surface area contributed by atoms with Crippen LogP contribution in [-0.2, 0) is 16.4 Å². The Morgan fingerprint density at radius 2 is 2.40 bits per heavy atom. The summed E-state index contributed by atoms with van der Waals surface area (Å²) in [4.78, 5) is 6.39. The molecule has 0 amide bonds. The summed E-state index contributed by atoms with van der Waals surface area (Å²) in [5, 5.41) is -0.458.